The number of benzene rings is 1. The van der Waals surface area contributed by atoms with Crippen LogP contribution in [0.5, 0.6) is 0 Å². The van der Waals surface area contributed by atoms with Gasteiger partial charge in [0.2, 0.25) is 5.91 Å². The molecule has 0 aliphatic heterocycles. The smallest absolute Gasteiger partial charge is 0.315 e. The highest BCUT2D eigenvalue weighted by Crippen LogP contribution is 2.36. The predicted octanol–water partition coefficient (Wildman–Crippen LogP) is 4.32. The van der Waals surface area contributed by atoms with E-state index in [2.05, 4.69) is 16.0 Å². The molecular formula is C21H30ClN3O2. The Balaban J connectivity index is 1.61. The molecule has 3 amide bonds. The first-order valence-corrected chi connectivity index (χ1v) is 10.5. The third-order valence-corrected chi connectivity index (χ3v) is 6.02. The Bertz CT molecular complexity index is 661. The van der Waals surface area contributed by atoms with Crippen LogP contribution in [-0.2, 0) is 4.79 Å². The summed E-state index contributed by atoms with van der Waals surface area (Å²) >= 11 is 6.18. The van der Waals surface area contributed by atoms with Crippen LogP contribution in [-0.4, -0.2) is 24.0 Å². The summed E-state index contributed by atoms with van der Waals surface area (Å²) in [4.78, 5) is 24.0. The second kappa shape index (κ2) is 9.45. The molecule has 1 aromatic rings. The third-order valence-electron chi connectivity index (χ3n) is 5.78. The number of urea groups is 1. The average Bonchev–Trinajstić information content (AvgIpc) is 3.13. The molecule has 0 spiro atoms. The summed E-state index contributed by atoms with van der Waals surface area (Å²) in [5, 5.41) is 10.0. The van der Waals surface area contributed by atoms with Crippen molar-refractivity contribution >= 4 is 23.5 Å². The van der Waals surface area contributed by atoms with E-state index < -0.39 is 0 Å². The average molecular weight is 392 g/mol. The highest BCUT2D eigenvalue weighted by atomic mass is 35.5. The fourth-order valence-electron chi connectivity index (χ4n) is 4.57. The van der Waals surface area contributed by atoms with Crippen LogP contribution in [0, 0.1) is 5.92 Å². The van der Waals surface area contributed by atoms with Gasteiger partial charge in [-0.15, -0.1) is 0 Å². The van der Waals surface area contributed by atoms with Crippen molar-refractivity contribution in [3.8, 4) is 0 Å². The SMILES string of the molecule is CC(=O)NC1CCCC(NC(=O)NC(c2cccc(Cl)c2)C2CCCC2)C1. The molecule has 148 valence electrons. The van der Waals surface area contributed by atoms with Crippen molar-refractivity contribution in [2.45, 2.75) is 76.4 Å². The maximum Gasteiger partial charge on any atom is 0.315 e. The number of amides is 3. The van der Waals surface area contributed by atoms with Crippen molar-refractivity contribution in [1.29, 1.82) is 0 Å². The van der Waals surface area contributed by atoms with Crippen molar-refractivity contribution in [2.24, 2.45) is 5.92 Å². The second-order valence-corrected chi connectivity index (χ2v) is 8.39. The van der Waals surface area contributed by atoms with Crippen LogP contribution in [0.2, 0.25) is 5.02 Å². The quantitative estimate of drug-likeness (QED) is 0.699. The topological polar surface area (TPSA) is 70.2 Å². The Morgan fingerprint density at radius 2 is 1.74 bits per heavy atom. The Morgan fingerprint density at radius 3 is 2.41 bits per heavy atom. The van der Waals surface area contributed by atoms with Gasteiger partial charge in [-0.3, -0.25) is 4.79 Å². The zero-order valence-electron chi connectivity index (χ0n) is 16.0. The van der Waals surface area contributed by atoms with E-state index in [1.54, 1.807) is 6.92 Å². The molecule has 0 radical (unpaired) electrons. The molecule has 2 fully saturated rings. The first-order valence-electron chi connectivity index (χ1n) is 10.1. The number of nitrogens with one attached hydrogen (secondary N) is 3. The molecule has 27 heavy (non-hydrogen) atoms. The molecule has 0 saturated heterocycles. The number of hydrogen-bond donors (Lipinski definition) is 3. The van der Waals surface area contributed by atoms with E-state index in [0.29, 0.717) is 10.9 Å². The van der Waals surface area contributed by atoms with Crippen LogP contribution >= 0.6 is 11.6 Å². The molecule has 2 saturated carbocycles. The molecule has 2 aliphatic carbocycles. The molecule has 5 nitrogen and oxygen atoms in total. The summed E-state index contributed by atoms with van der Waals surface area (Å²) in [6, 6.07) is 7.92. The van der Waals surface area contributed by atoms with Crippen LogP contribution in [0.4, 0.5) is 4.79 Å². The Morgan fingerprint density at radius 1 is 1.04 bits per heavy atom. The third kappa shape index (κ3) is 5.86. The van der Waals surface area contributed by atoms with Crippen molar-refractivity contribution in [1.82, 2.24) is 16.0 Å². The van der Waals surface area contributed by atoms with Gasteiger partial charge in [0, 0.05) is 24.0 Å². The fraction of sp³-hybridized carbons (Fsp3) is 0.619. The van der Waals surface area contributed by atoms with Gasteiger partial charge in [0.15, 0.2) is 0 Å². The standard InChI is InChI=1S/C21H30ClN3O2/c1-14(26)23-18-10-5-11-19(13-18)24-21(27)25-20(15-6-2-3-7-15)16-8-4-9-17(22)12-16/h4,8-9,12,15,18-20H,2-3,5-7,10-11,13H2,1H3,(H,23,26)(H2,24,25,27). The van der Waals surface area contributed by atoms with E-state index in [-0.39, 0.29) is 30.1 Å². The number of hydrogen-bond acceptors (Lipinski definition) is 2. The maximum absolute atomic E-state index is 12.7. The summed E-state index contributed by atoms with van der Waals surface area (Å²) < 4.78 is 0. The van der Waals surface area contributed by atoms with Crippen LogP contribution in [0.3, 0.4) is 0 Å². The zero-order chi connectivity index (χ0) is 19.2. The predicted molar refractivity (Wildman–Crippen MR) is 108 cm³/mol. The lowest BCUT2D eigenvalue weighted by Gasteiger charge is -2.31. The molecule has 3 rings (SSSR count). The van der Waals surface area contributed by atoms with Crippen molar-refractivity contribution in [3.63, 3.8) is 0 Å². The van der Waals surface area contributed by atoms with Gasteiger partial charge in [-0.05, 0) is 62.1 Å². The van der Waals surface area contributed by atoms with Crippen molar-refractivity contribution in [2.75, 3.05) is 0 Å². The molecule has 6 heteroatoms. The van der Waals surface area contributed by atoms with Crippen LogP contribution in [0.15, 0.2) is 24.3 Å². The highest BCUT2D eigenvalue weighted by Gasteiger charge is 2.29. The Kier molecular flexibility index (Phi) is 7.00. The number of rotatable bonds is 5. The maximum atomic E-state index is 12.7. The normalized spacial score (nSPS) is 24.2. The minimum Gasteiger partial charge on any atom is -0.354 e. The monoisotopic (exact) mass is 391 g/mol. The van der Waals surface area contributed by atoms with E-state index >= 15 is 0 Å². The summed E-state index contributed by atoms with van der Waals surface area (Å²) in [6.07, 6.45) is 8.42. The molecule has 3 atom stereocenters. The van der Waals surface area contributed by atoms with Crippen molar-refractivity contribution in [3.05, 3.63) is 34.9 Å². The van der Waals surface area contributed by atoms with Crippen LogP contribution in [0.25, 0.3) is 0 Å². The molecule has 2 aliphatic rings. The Hall–Kier alpha value is -1.75. The summed E-state index contributed by atoms with van der Waals surface area (Å²) in [7, 11) is 0. The lowest BCUT2D eigenvalue weighted by Crippen LogP contribution is -2.49. The number of carbonyl (C=O) groups excluding carboxylic acids is 2. The van der Waals surface area contributed by atoms with Gasteiger partial charge in [0.1, 0.15) is 0 Å². The van der Waals surface area contributed by atoms with Crippen LogP contribution < -0.4 is 16.0 Å². The highest BCUT2D eigenvalue weighted by molar-refractivity contribution is 6.30. The molecule has 3 N–H and O–H groups in total. The van der Waals surface area contributed by atoms with Gasteiger partial charge in [0.25, 0.3) is 0 Å². The van der Waals surface area contributed by atoms with Gasteiger partial charge in [0.05, 0.1) is 6.04 Å². The minimum absolute atomic E-state index is 0.00708. The first-order chi connectivity index (χ1) is 13.0. The Labute approximate surface area is 166 Å². The molecule has 0 heterocycles. The largest absolute Gasteiger partial charge is 0.354 e. The van der Waals surface area contributed by atoms with Crippen molar-refractivity contribution < 1.29 is 9.59 Å². The summed E-state index contributed by atoms with van der Waals surface area (Å²) in [5.41, 5.74) is 1.07. The molecular weight excluding hydrogens is 362 g/mol. The van der Waals surface area contributed by atoms with Crippen LogP contribution in [0.1, 0.15) is 69.9 Å². The summed E-state index contributed by atoms with van der Waals surface area (Å²) in [5.74, 6) is 0.444. The molecule has 3 unspecified atom stereocenters. The van der Waals surface area contributed by atoms with E-state index in [4.69, 9.17) is 11.6 Å². The van der Waals surface area contributed by atoms with Gasteiger partial charge in [-0.1, -0.05) is 36.6 Å². The number of halogens is 1. The first kappa shape index (κ1) is 20.0. The minimum atomic E-state index is -0.125. The lowest BCUT2D eigenvalue weighted by molar-refractivity contribution is -0.119. The van der Waals surface area contributed by atoms with E-state index in [1.807, 2.05) is 24.3 Å². The number of carbonyl (C=O) groups is 2. The van der Waals surface area contributed by atoms with E-state index in [9.17, 15) is 9.59 Å². The zero-order valence-corrected chi connectivity index (χ0v) is 16.7. The molecule has 0 bridgehead atoms. The lowest BCUT2D eigenvalue weighted by atomic mass is 9.90. The van der Waals surface area contributed by atoms with Gasteiger partial charge < -0.3 is 16.0 Å². The van der Waals surface area contributed by atoms with E-state index in [1.165, 1.54) is 12.8 Å². The summed E-state index contributed by atoms with van der Waals surface area (Å²) in [6.45, 7) is 1.54. The van der Waals surface area contributed by atoms with E-state index in [0.717, 1.165) is 44.1 Å². The second-order valence-electron chi connectivity index (χ2n) is 7.96. The van der Waals surface area contributed by atoms with Gasteiger partial charge in [-0.2, -0.15) is 0 Å². The van der Waals surface area contributed by atoms with Gasteiger partial charge in [-0.25, -0.2) is 4.79 Å². The fourth-order valence-corrected chi connectivity index (χ4v) is 4.77. The molecule has 1 aromatic carbocycles. The molecule has 0 aromatic heterocycles. The van der Waals surface area contributed by atoms with Gasteiger partial charge >= 0.3 is 6.03 Å².